The molecule has 0 saturated carbocycles. The number of hydrogen-bond donors (Lipinski definition) is 1. The van der Waals surface area contributed by atoms with Gasteiger partial charge in [0.2, 0.25) is 5.91 Å². The van der Waals surface area contributed by atoms with E-state index in [1.165, 1.54) is 10.4 Å². The number of thiazole rings is 1. The minimum atomic E-state index is -0.0328. The first-order valence-corrected chi connectivity index (χ1v) is 12.1. The molecular formula is C23H27N3O2S2. The summed E-state index contributed by atoms with van der Waals surface area (Å²) in [4.78, 5) is 20.9. The quantitative estimate of drug-likeness (QED) is 0.514. The molecule has 0 radical (unpaired) electrons. The van der Waals surface area contributed by atoms with E-state index in [2.05, 4.69) is 33.1 Å². The molecular weight excluding hydrogens is 414 g/mol. The van der Waals surface area contributed by atoms with Gasteiger partial charge in [0.25, 0.3) is 0 Å². The Bertz CT molecular complexity index is 932. The Labute approximate surface area is 185 Å². The molecule has 158 valence electrons. The second-order valence-corrected chi connectivity index (χ2v) is 9.68. The van der Waals surface area contributed by atoms with Crippen LogP contribution >= 0.6 is 22.7 Å². The summed E-state index contributed by atoms with van der Waals surface area (Å²) in [5.41, 5.74) is 3.02. The van der Waals surface area contributed by atoms with Crippen molar-refractivity contribution in [1.29, 1.82) is 0 Å². The summed E-state index contributed by atoms with van der Waals surface area (Å²) in [6, 6.07) is 12.1. The smallest absolute Gasteiger partial charge is 0.231 e. The number of ether oxygens (including phenoxy) is 1. The molecule has 1 atom stereocenters. The van der Waals surface area contributed by atoms with Crippen molar-refractivity contribution in [3.63, 3.8) is 0 Å². The van der Waals surface area contributed by atoms with Crippen molar-refractivity contribution >= 4 is 34.3 Å². The maximum atomic E-state index is 12.4. The van der Waals surface area contributed by atoms with Gasteiger partial charge in [-0.1, -0.05) is 23.8 Å². The molecule has 4 rings (SSSR count). The Balaban J connectivity index is 1.34. The van der Waals surface area contributed by atoms with Crippen LogP contribution in [-0.4, -0.2) is 35.0 Å². The van der Waals surface area contributed by atoms with Gasteiger partial charge in [-0.15, -0.1) is 22.7 Å². The van der Waals surface area contributed by atoms with Gasteiger partial charge >= 0.3 is 0 Å². The van der Waals surface area contributed by atoms with Crippen LogP contribution in [0.25, 0.3) is 0 Å². The Hall–Kier alpha value is -2.06. The molecule has 5 nitrogen and oxygen atoms in total. The molecule has 0 spiro atoms. The van der Waals surface area contributed by atoms with E-state index in [-0.39, 0.29) is 5.91 Å². The van der Waals surface area contributed by atoms with Crippen LogP contribution in [0.2, 0.25) is 0 Å². The van der Waals surface area contributed by atoms with E-state index >= 15 is 0 Å². The second-order valence-electron chi connectivity index (χ2n) is 7.71. The van der Waals surface area contributed by atoms with Crippen LogP contribution < -0.4 is 5.32 Å². The van der Waals surface area contributed by atoms with Crippen molar-refractivity contribution in [3.05, 3.63) is 68.3 Å². The predicted octanol–water partition coefficient (Wildman–Crippen LogP) is 4.88. The van der Waals surface area contributed by atoms with Crippen LogP contribution in [0, 0.1) is 6.92 Å². The van der Waals surface area contributed by atoms with E-state index in [1.54, 1.807) is 22.7 Å². The zero-order chi connectivity index (χ0) is 20.8. The molecule has 1 unspecified atom stereocenters. The summed E-state index contributed by atoms with van der Waals surface area (Å²) >= 11 is 3.34. The predicted molar refractivity (Wildman–Crippen MR) is 123 cm³/mol. The fraction of sp³-hybridized carbons (Fsp3) is 0.391. The van der Waals surface area contributed by atoms with Crippen LogP contribution in [0.4, 0.5) is 5.69 Å². The summed E-state index contributed by atoms with van der Waals surface area (Å²) in [5, 5.41) is 7.99. The molecule has 0 aliphatic carbocycles. The van der Waals surface area contributed by atoms with Crippen LogP contribution in [0.5, 0.6) is 0 Å². The Kier molecular flexibility index (Phi) is 7.28. The average molecular weight is 442 g/mol. The van der Waals surface area contributed by atoms with Crippen LogP contribution in [0.1, 0.15) is 34.0 Å². The zero-order valence-electron chi connectivity index (χ0n) is 17.2. The minimum absolute atomic E-state index is 0.0328. The lowest BCUT2D eigenvalue weighted by Gasteiger charge is -2.23. The molecule has 0 bridgehead atoms. The van der Waals surface area contributed by atoms with Crippen LogP contribution in [-0.2, 0) is 29.0 Å². The number of thiophene rings is 1. The molecule has 2 aromatic heterocycles. The Morgan fingerprint density at radius 3 is 2.83 bits per heavy atom. The lowest BCUT2D eigenvalue weighted by Crippen LogP contribution is -2.31. The molecule has 1 fully saturated rings. The zero-order valence-corrected chi connectivity index (χ0v) is 18.8. The van der Waals surface area contributed by atoms with Gasteiger partial charge in [0.1, 0.15) is 5.01 Å². The topological polar surface area (TPSA) is 54.5 Å². The average Bonchev–Trinajstić information content (AvgIpc) is 3.48. The van der Waals surface area contributed by atoms with Crippen molar-refractivity contribution in [1.82, 2.24) is 9.88 Å². The SMILES string of the molecule is Cc1ccc(NC(=O)Cc2nc(CN(Cc3cccs3)CC3CCCO3)cs2)cc1. The standard InChI is InChI=1S/C23H27N3O2S2/c1-17-6-8-18(9-7-17)24-22(27)12-23-25-19(16-30-23)13-26(14-20-4-2-10-28-20)15-21-5-3-11-29-21/h3,5-9,11,16,20H,2,4,10,12-15H2,1H3,(H,24,27). The fourth-order valence-corrected chi connectivity index (χ4v) is 5.13. The maximum absolute atomic E-state index is 12.4. The molecule has 3 aromatic rings. The maximum Gasteiger partial charge on any atom is 0.231 e. The van der Waals surface area contributed by atoms with E-state index in [4.69, 9.17) is 9.72 Å². The number of nitrogens with one attached hydrogen (secondary N) is 1. The highest BCUT2D eigenvalue weighted by molar-refractivity contribution is 7.10. The molecule has 30 heavy (non-hydrogen) atoms. The highest BCUT2D eigenvalue weighted by Gasteiger charge is 2.21. The van der Waals surface area contributed by atoms with Crippen molar-refractivity contribution in [2.45, 2.75) is 45.4 Å². The van der Waals surface area contributed by atoms with Gasteiger partial charge in [0.05, 0.1) is 18.2 Å². The van der Waals surface area contributed by atoms with Gasteiger partial charge in [-0.2, -0.15) is 0 Å². The number of anilines is 1. The van der Waals surface area contributed by atoms with Gasteiger partial charge in [-0.3, -0.25) is 9.69 Å². The van der Waals surface area contributed by atoms with Gasteiger partial charge < -0.3 is 10.1 Å². The Morgan fingerprint density at radius 2 is 2.10 bits per heavy atom. The van der Waals surface area contributed by atoms with Gasteiger partial charge in [0.15, 0.2) is 0 Å². The van der Waals surface area contributed by atoms with Crippen molar-refractivity contribution < 1.29 is 9.53 Å². The first kappa shape index (κ1) is 21.2. The molecule has 1 aromatic carbocycles. The number of carbonyl (C=O) groups is 1. The van der Waals surface area contributed by atoms with E-state index in [0.717, 1.165) is 55.5 Å². The van der Waals surface area contributed by atoms with Gasteiger partial charge in [-0.25, -0.2) is 4.98 Å². The third kappa shape index (κ3) is 6.22. The molecule has 1 N–H and O–H groups in total. The number of nitrogens with zero attached hydrogens (tertiary/aromatic N) is 2. The van der Waals surface area contributed by atoms with E-state index in [0.29, 0.717) is 12.5 Å². The number of rotatable bonds is 9. The highest BCUT2D eigenvalue weighted by Crippen LogP contribution is 2.20. The lowest BCUT2D eigenvalue weighted by atomic mass is 10.2. The minimum Gasteiger partial charge on any atom is -0.377 e. The summed E-state index contributed by atoms with van der Waals surface area (Å²) in [6.07, 6.45) is 2.88. The highest BCUT2D eigenvalue weighted by atomic mass is 32.1. The molecule has 1 aliphatic heterocycles. The van der Waals surface area contributed by atoms with Crippen LogP contribution in [0.15, 0.2) is 47.2 Å². The Morgan fingerprint density at radius 1 is 1.23 bits per heavy atom. The molecule has 7 heteroatoms. The number of benzene rings is 1. The van der Waals surface area contributed by atoms with Crippen LogP contribution in [0.3, 0.4) is 0 Å². The summed E-state index contributed by atoms with van der Waals surface area (Å²) in [5.74, 6) is -0.0328. The summed E-state index contributed by atoms with van der Waals surface area (Å²) in [7, 11) is 0. The second kappa shape index (κ2) is 10.3. The largest absolute Gasteiger partial charge is 0.377 e. The van der Waals surface area contributed by atoms with E-state index < -0.39 is 0 Å². The number of carbonyl (C=O) groups excluding carboxylic acids is 1. The van der Waals surface area contributed by atoms with Crippen molar-refractivity contribution in [3.8, 4) is 0 Å². The monoisotopic (exact) mass is 441 g/mol. The normalized spacial score (nSPS) is 16.3. The van der Waals surface area contributed by atoms with E-state index in [1.807, 2.05) is 31.2 Å². The first-order valence-electron chi connectivity index (χ1n) is 10.3. The van der Waals surface area contributed by atoms with E-state index in [9.17, 15) is 4.79 Å². The van der Waals surface area contributed by atoms with Gasteiger partial charge in [0, 0.05) is 42.2 Å². The molecule has 1 amide bonds. The third-order valence-electron chi connectivity index (χ3n) is 5.08. The van der Waals surface area contributed by atoms with Crippen molar-refractivity contribution in [2.24, 2.45) is 0 Å². The lowest BCUT2D eigenvalue weighted by molar-refractivity contribution is -0.115. The van der Waals surface area contributed by atoms with Gasteiger partial charge in [-0.05, 0) is 43.3 Å². The van der Waals surface area contributed by atoms with Crippen molar-refractivity contribution in [2.75, 3.05) is 18.5 Å². The molecule has 1 aliphatic rings. The first-order chi connectivity index (χ1) is 14.6. The number of hydrogen-bond acceptors (Lipinski definition) is 6. The number of aromatic nitrogens is 1. The summed E-state index contributed by atoms with van der Waals surface area (Å²) < 4.78 is 5.85. The molecule has 1 saturated heterocycles. The molecule has 3 heterocycles. The summed E-state index contributed by atoms with van der Waals surface area (Å²) in [6.45, 7) is 5.49. The third-order valence-corrected chi connectivity index (χ3v) is 6.84. The number of amides is 1. The number of aryl methyl sites for hydroxylation is 1. The fourth-order valence-electron chi connectivity index (χ4n) is 3.60.